The molecule has 0 saturated carbocycles. The van der Waals surface area contributed by atoms with Gasteiger partial charge in [-0.3, -0.25) is 14.4 Å². The number of anilines is 1. The summed E-state index contributed by atoms with van der Waals surface area (Å²) in [7, 11) is 1.45. The molecule has 0 fully saturated rings. The van der Waals surface area contributed by atoms with Gasteiger partial charge in [-0.15, -0.1) is 0 Å². The van der Waals surface area contributed by atoms with E-state index in [1.54, 1.807) is 30.3 Å². The number of carbonyl (C=O) groups excluding carboxylic acids is 3. The van der Waals surface area contributed by atoms with Gasteiger partial charge in [0.15, 0.2) is 5.82 Å². The van der Waals surface area contributed by atoms with Crippen molar-refractivity contribution in [2.75, 3.05) is 25.9 Å². The SMILES string of the molecule is COc1cnc(-n2nccc2N)c2[nH]cc(C(=O)C(=O)N3C=CN(C(=O)c4ccccc4)CC3)c12. The van der Waals surface area contributed by atoms with Crippen LogP contribution in [0.15, 0.2) is 67.4 Å². The van der Waals surface area contributed by atoms with Crippen LogP contribution in [0.25, 0.3) is 16.7 Å². The molecular formula is C24H21N7O4. The Morgan fingerprint density at radius 2 is 1.80 bits per heavy atom. The van der Waals surface area contributed by atoms with Crippen molar-refractivity contribution in [3.63, 3.8) is 0 Å². The molecule has 0 spiro atoms. The number of ketones is 1. The lowest BCUT2D eigenvalue weighted by molar-refractivity contribution is -0.124. The molecule has 4 heterocycles. The Morgan fingerprint density at radius 1 is 1.06 bits per heavy atom. The number of nitrogens with two attached hydrogens (primary N) is 1. The molecule has 4 aromatic rings. The zero-order chi connectivity index (χ0) is 24.5. The van der Waals surface area contributed by atoms with Crippen molar-refractivity contribution in [1.29, 1.82) is 0 Å². The van der Waals surface area contributed by atoms with Crippen molar-refractivity contribution in [1.82, 2.24) is 29.5 Å². The highest BCUT2D eigenvalue weighted by atomic mass is 16.5. The van der Waals surface area contributed by atoms with Gasteiger partial charge in [0.2, 0.25) is 0 Å². The fraction of sp³-hybridized carbons (Fsp3) is 0.125. The predicted octanol–water partition coefficient (Wildman–Crippen LogP) is 1.98. The van der Waals surface area contributed by atoms with Crippen LogP contribution in [0.1, 0.15) is 20.7 Å². The summed E-state index contributed by atoms with van der Waals surface area (Å²) in [6, 6.07) is 10.5. The first-order chi connectivity index (χ1) is 17.0. The van der Waals surface area contributed by atoms with E-state index in [4.69, 9.17) is 10.5 Å². The molecule has 0 atom stereocenters. The number of H-pyrrole nitrogens is 1. The van der Waals surface area contributed by atoms with Crippen LogP contribution in [0.3, 0.4) is 0 Å². The standard InChI is InChI=1S/C24H21N7O4/c1-35-17-14-27-22(31-18(25)7-8-28-31)20-19(17)16(13-26-20)21(32)24(34)30-11-9-29(10-12-30)23(33)15-5-3-2-4-6-15/h2-9,11,13-14,26H,10,12,25H2,1H3. The van der Waals surface area contributed by atoms with E-state index < -0.39 is 11.7 Å². The second kappa shape index (κ2) is 8.78. The minimum atomic E-state index is -0.729. The fourth-order valence-corrected chi connectivity index (χ4v) is 3.95. The maximum absolute atomic E-state index is 13.2. The molecule has 5 rings (SSSR count). The third-order valence-corrected chi connectivity index (χ3v) is 5.74. The number of nitrogen functional groups attached to an aromatic ring is 1. The maximum Gasteiger partial charge on any atom is 0.299 e. The van der Waals surface area contributed by atoms with Gasteiger partial charge in [-0.2, -0.15) is 9.78 Å². The first-order valence-corrected chi connectivity index (χ1v) is 10.7. The van der Waals surface area contributed by atoms with Crippen LogP contribution in [0.2, 0.25) is 0 Å². The maximum atomic E-state index is 13.2. The fourth-order valence-electron chi connectivity index (χ4n) is 3.95. The summed E-state index contributed by atoms with van der Waals surface area (Å²) >= 11 is 0. The summed E-state index contributed by atoms with van der Waals surface area (Å²) in [5, 5.41) is 4.56. The summed E-state index contributed by atoms with van der Waals surface area (Å²) in [6.07, 6.45) is 7.36. The number of ether oxygens (including phenoxy) is 1. The van der Waals surface area contributed by atoms with Crippen LogP contribution in [0.5, 0.6) is 5.75 Å². The Bertz CT molecular complexity index is 1470. The molecule has 0 radical (unpaired) electrons. The number of nitrogens with zero attached hydrogens (tertiary/aromatic N) is 5. The van der Waals surface area contributed by atoms with Gasteiger partial charge >= 0.3 is 0 Å². The van der Waals surface area contributed by atoms with E-state index in [2.05, 4.69) is 15.1 Å². The molecule has 0 aliphatic carbocycles. The van der Waals surface area contributed by atoms with Crippen LogP contribution in [-0.4, -0.2) is 67.3 Å². The number of aromatic nitrogens is 4. The highest BCUT2D eigenvalue weighted by Crippen LogP contribution is 2.32. The van der Waals surface area contributed by atoms with Gasteiger partial charge in [-0.05, 0) is 12.1 Å². The van der Waals surface area contributed by atoms with E-state index in [1.807, 2.05) is 6.07 Å². The molecule has 1 aromatic carbocycles. The van der Waals surface area contributed by atoms with Crippen LogP contribution in [0, 0.1) is 0 Å². The predicted molar refractivity (Wildman–Crippen MR) is 127 cm³/mol. The van der Waals surface area contributed by atoms with Crippen LogP contribution in [-0.2, 0) is 4.79 Å². The summed E-state index contributed by atoms with van der Waals surface area (Å²) < 4.78 is 6.82. The van der Waals surface area contributed by atoms with Gasteiger partial charge in [0.1, 0.15) is 11.6 Å². The number of hydrogen-bond donors (Lipinski definition) is 2. The number of fused-ring (bicyclic) bond motifs is 1. The van der Waals surface area contributed by atoms with Crippen molar-refractivity contribution in [2.24, 2.45) is 0 Å². The molecule has 11 nitrogen and oxygen atoms in total. The van der Waals surface area contributed by atoms with Gasteiger partial charge in [0.05, 0.1) is 36.0 Å². The zero-order valence-electron chi connectivity index (χ0n) is 18.7. The Labute approximate surface area is 199 Å². The molecule has 0 bridgehead atoms. The first kappa shape index (κ1) is 21.9. The summed E-state index contributed by atoms with van der Waals surface area (Å²) in [5.74, 6) is -0.598. The van der Waals surface area contributed by atoms with E-state index in [1.165, 1.54) is 52.6 Å². The van der Waals surface area contributed by atoms with E-state index >= 15 is 0 Å². The third-order valence-electron chi connectivity index (χ3n) is 5.74. The molecule has 11 heteroatoms. The summed E-state index contributed by atoms with van der Waals surface area (Å²) in [4.78, 5) is 49.1. The first-order valence-electron chi connectivity index (χ1n) is 10.7. The molecule has 3 N–H and O–H groups in total. The molecule has 2 amide bonds. The largest absolute Gasteiger partial charge is 0.494 e. The molecule has 0 unspecified atom stereocenters. The van der Waals surface area contributed by atoms with Crippen molar-refractivity contribution < 1.29 is 19.1 Å². The van der Waals surface area contributed by atoms with Crippen molar-refractivity contribution >= 4 is 34.3 Å². The number of benzene rings is 1. The number of methoxy groups -OCH3 is 1. The molecule has 35 heavy (non-hydrogen) atoms. The van der Waals surface area contributed by atoms with Gasteiger partial charge in [-0.1, -0.05) is 18.2 Å². The lowest BCUT2D eigenvalue weighted by Gasteiger charge is -2.28. The molecular weight excluding hydrogens is 450 g/mol. The van der Waals surface area contributed by atoms with Crippen LogP contribution < -0.4 is 10.5 Å². The molecule has 1 aliphatic heterocycles. The minimum Gasteiger partial charge on any atom is -0.494 e. The quantitative estimate of drug-likeness (QED) is 0.335. The number of Topliss-reactive ketones (excluding diaryl/α,β-unsaturated/α-hetero) is 1. The van der Waals surface area contributed by atoms with Crippen LogP contribution >= 0.6 is 0 Å². The van der Waals surface area contributed by atoms with E-state index in [0.29, 0.717) is 33.9 Å². The van der Waals surface area contributed by atoms with Crippen molar-refractivity contribution in [3.05, 3.63) is 78.5 Å². The zero-order valence-corrected chi connectivity index (χ0v) is 18.7. The summed E-state index contributed by atoms with van der Waals surface area (Å²) in [6.45, 7) is 0.433. The number of nitrogens with one attached hydrogen (secondary N) is 1. The van der Waals surface area contributed by atoms with E-state index in [-0.39, 0.29) is 24.6 Å². The minimum absolute atomic E-state index is 0.132. The second-order valence-corrected chi connectivity index (χ2v) is 7.76. The Balaban J connectivity index is 1.42. The van der Waals surface area contributed by atoms with Gasteiger partial charge in [0.25, 0.3) is 17.6 Å². The van der Waals surface area contributed by atoms with E-state index in [0.717, 1.165) is 0 Å². The third kappa shape index (κ3) is 3.78. The number of aromatic amines is 1. The summed E-state index contributed by atoms with van der Waals surface area (Å²) in [5.41, 5.74) is 7.09. The van der Waals surface area contributed by atoms with E-state index in [9.17, 15) is 14.4 Å². The Hall–Kier alpha value is -4.93. The number of hydrogen-bond acceptors (Lipinski definition) is 7. The highest BCUT2D eigenvalue weighted by Gasteiger charge is 2.29. The average Bonchev–Trinajstić information content (AvgIpc) is 3.54. The number of amides is 2. The molecule has 1 aliphatic rings. The number of carbonyl (C=O) groups is 3. The lowest BCUT2D eigenvalue weighted by atomic mass is 10.1. The molecule has 176 valence electrons. The monoisotopic (exact) mass is 471 g/mol. The number of pyridine rings is 1. The smallest absolute Gasteiger partial charge is 0.299 e. The molecule has 0 saturated heterocycles. The molecule has 3 aromatic heterocycles. The Kier molecular flexibility index (Phi) is 5.49. The highest BCUT2D eigenvalue weighted by molar-refractivity contribution is 6.45. The van der Waals surface area contributed by atoms with Crippen molar-refractivity contribution in [3.8, 4) is 11.6 Å². The Morgan fingerprint density at radius 3 is 2.46 bits per heavy atom. The lowest BCUT2D eigenvalue weighted by Crippen LogP contribution is -2.42. The topological polar surface area (TPSA) is 139 Å². The van der Waals surface area contributed by atoms with Gasteiger partial charge in [-0.25, -0.2) is 4.98 Å². The second-order valence-electron chi connectivity index (χ2n) is 7.76. The van der Waals surface area contributed by atoms with Gasteiger partial charge in [0, 0.05) is 43.3 Å². The van der Waals surface area contributed by atoms with Crippen LogP contribution in [0.4, 0.5) is 5.82 Å². The number of rotatable bonds is 5. The van der Waals surface area contributed by atoms with Crippen molar-refractivity contribution in [2.45, 2.75) is 0 Å². The average molecular weight is 471 g/mol. The van der Waals surface area contributed by atoms with Gasteiger partial charge < -0.3 is 25.3 Å². The normalized spacial score (nSPS) is 13.3.